The molecule has 1 saturated heterocycles. The van der Waals surface area contributed by atoms with Crippen LogP contribution in [0.1, 0.15) is 6.92 Å². The minimum Gasteiger partial charge on any atom is -0.475 e. The number of imidazole rings is 1. The molecule has 0 radical (unpaired) electrons. The predicted octanol–water partition coefficient (Wildman–Crippen LogP) is 1.67. The Morgan fingerprint density at radius 1 is 1.17 bits per heavy atom. The number of anilines is 1. The number of carboxylic acid groups (broad SMARTS) is 1. The van der Waals surface area contributed by atoms with Crippen molar-refractivity contribution in [1.29, 1.82) is 0 Å². The summed E-state index contributed by atoms with van der Waals surface area (Å²) in [4.78, 5) is 53.5. The average molecular weight is 533 g/mol. The van der Waals surface area contributed by atoms with Crippen LogP contribution in [0.2, 0.25) is 5.02 Å². The number of benzene rings is 1. The molecule has 1 aromatic carbocycles. The van der Waals surface area contributed by atoms with Crippen LogP contribution in [0.25, 0.3) is 16.9 Å². The van der Waals surface area contributed by atoms with Crippen molar-refractivity contribution >= 4 is 40.7 Å². The lowest BCUT2D eigenvalue weighted by Gasteiger charge is -2.28. The number of nitrogens with zero attached hydrogens (tertiary/aromatic N) is 5. The molecule has 12 nitrogen and oxygen atoms in total. The lowest BCUT2D eigenvalue weighted by molar-refractivity contribution is -0.215. The van der Waals surface area contributed by atoms with E-state index in [-0.39, 0.29) is 17.2 Å². The van der Waals surface area contributed by atoms with Gasteiger partial charge >= 0.3 is 24.1 Å². The van der Waals surface area contributed by atoms with Gasteiger partial charge in [-0.25, -0.2) is 19.4 Å². The highest BCUT2D eigenvalue weighted by molar-refractivity contribution is 6.32. The molecule has 0 atom stereocenters. The fourth-order valence-electron chi connectivity index (χ4n) is 3.19. The van der Waals surface area contributed by atoms with Crippen LogP contribution in [0, 0.1) is 0 Å². The first-order valence-corrected chi connectivity index (χ1v) is 10.6. The van der Waals surface area contributed by atoms with Crippen molar-refractivity contribution in [3.8, 4) is 11.7 Å². The number of aliphatic carboxylic acids is 1. The highest BCUT2D eigenvalue weighted by Gasteiger charge is 2.38. The molecule has 0 spiro atoms. The van der Waals surface area contributed by atoms with Crippen LogP contribution in [-0.4, -0.2) is 68.5 Å². The molecule has 0 aliphatic carbocycles. The van der Waals surface area contributed by atoms with Crippen molar-refractivity contribution in [3.63, 3.8) is 0 Å². The summed E-state index contributed by atoms with van der Waals surface area (Å²) in [6, 6.07) is 7.05. The third-order valence-corrected chi connectivity index (χ3v) is 5.13. The van der Waals surface area contributed by atoms with Gasteiger partial charge in [0.2, 0.25) is 5.95 Å². The molecule has 2 aromatic heterocycles. The van der Waals surface area contributed by atoms with Crippen molar-refractivity contribution < 1.29 is 37.6 Å². The van der Waals surface area contributed by atoms with Crippen LogP contribution in [0.3, 0.4) is 0 Å². The second-order valence-corrected chi connectivity index (χ2v) is 7.73. The minimum atomic E-state index is -5.08. The van der Waals surface area contributed by atoms with Gasteiger partial charge in [0, 0.05) is 40.2 Å². The molecule has 1 aliphatic rings. The lowest BCUT2D eigenvalue weighted by atomic mass is 10.3. The summed E-state index contributed by atoms with van der Waals surface area (Å²) in [5, 5.41) is 10.9. The number of aromatic nitrogens is 4. The van der Waals surface area contributed by atoms with Crippen molar-refractivity contribution in [3.05, 3.63) is 39.6 Å². The highest BCUT2D eigenvalue weighted by atomic mass is 35.5. The van der Waals surface area contributed by atoms with E-state index in [2.05, 4.69) is 25.1 Å². The van der Waals surface area contributed by atoms with E-state index in [0.29, 0.717) is 29.7 Å². The predicted molar refractivity (Wildman–Crippen MR) is 120 cm³/mol. The zero-order valence-electron chi connectivity index (χ0n) is 18.9. The standard InChI is InChI=1S/C18H19ClN6O4.C2HF3O2/c1-11(26)28-29-18-22-15-14(16(27)23(18)2)25(13-6-4-3-5-12(13)19)17(21-15)24-9-7-20-8-10-24;3-2(4,5)1(6)7/h3-6,20H,7-10H2,1-2H3;(H,6,7). The van der Waals surface area contributed by atoms with Gasteiger partial charge in [-0.1, -0.05) is 23.7 Å². The lowest BCUT2D eigenvalue weighted by Crippen LogP contribution is -2.44. The number of carboxylic acids is 1. The maximum atomic E-state index is 13.2. The first kappa shape index (κ1) is 26.7. The molecule has 0 unspecified atom stereocenters. The highest BCUT2D eigenvalue weighted by Crippen LogP contribution is 2.30. The van der Waals surface area contributed by atoms with Gasteiger partial charge in [-0.3, -0.25) is 13.9 Å². The maximum Gasteiger partial charge on any atom is 0.490 e. The number of alkyl halides is 3. The Kier molecular flexibility index (Phi) is 8.04. The maximum absolute atomic E-state index is 13.2. The minimum absolute atomic E-state index is 0.170. The van der Waals surface area contributed by atoms with Gasteiger partial charge in [0.25, 0.3) is 5.56 Å². The van der Waals surface area contributed by atoms with Gasteiger partial charge in [0.05, 0.1) is 10.7 Å². The van der Waals surface area contributed by atoms with Gasteiger partial charge in [-0.05, 0) is 12.1 Å². The third-order valence-electron chi connectivity index (χ3n) is 4.81. The fourth-order valence-corrected chi connectivity index (χ4v) is 3.41. The van der Waals surface area contributed by atoms with Crippen LogP contribution < -0.4 is 20.7 Å². The number of carbonyl (C=O) groups is 2. The van der Waals surface area contributed by atoms with E-state index < -0.39 is 23.7 Å². The second-order valence-electron chi connectivity index (χ2n) is 7.33. The van der Waals surface area contributed by atoms with Crippen LogP contribution in [0.15, 0.2) is 29.1 Å². The molecule has 36 heavy (non-hydrogen) atoms. The number of hydrogen-bond donors (Lipinski definition) is 2. The molecule has 1 fully saturated rings. The normalized spacial score (nSPS) is 13.7. The molecule has 0 saturated carbocycles. The van der Waals surface area contributed by atoms with Gasteiger partial charge in [0.15, 0.2) is 11.2 Å². The molecule has 0 bridgehead atoms. The van der Waals surface area contributed by atoms with Crippen molar-refractivity contribution in [2.45, 2.75) is 13.1 Å². The number of carbonyl (C=O) groups excluding carboxylic acids is 1. The summed E-state index contributed by atoms with van der Waals surface area (Å²) < 4.78 is 34.6. The smallest absolute Gasteiger partial charge is 0.475 e. The Morgan fingerprint density at radius 3 is 2.33 bits per heavy atom. The van der Waals surface area contributed by atoms with Crippen LogP contribution in [0.4, 0.5) is 19.1 Å². The first-order chi connectivity index (χ1) is 16.9. The average Bonchev–Trinajstić information content (AvgIpc) is 3.20. The molecule has 2 N–H and O–H groups in total. The quantitative estimate of drug-likeness (QED) is 0.376. The van der Waals surface area contributed by atoms with E-state index in [1.165, 1.54) is 14.0 Å². The fraction of sp³-hybridized carbons (Fsp3) is 0.350. The molecular formula is C20H20ClF3N6O6. The van der Waals surface area contributed by atoms with Crippen LogP contribution in [-0.2, 0) is 21.5 Å². The van der Waals surface area contributed by atoms with E-state index in [1.54, 1.807) is 10.6 Å². The van der Waals surface area contributed by atoms with E-state index in [0.717, 1.165) is 17.7 Å². The Morgan fingerprint density at radius 2 is 1.78 bits per heavy atom. The van der Waals surface area contributed by atoms with E-state index >= 15 is 0 Å². The Bertz CT molecular complexity index is 1340. The Labute approximate surface area is 205 Å². The summed E-state index contributed by atoms with van der Waals surface area (Å²) in [5.41, 5.74) is 0.636. The van der Waals surface area contributed by atoms with E-state index in [1.807, 2.05) is 18.2 Å². The molecule has 16 heteroatoms. The monoisotopic (exact) mass is 532 g/mol. The molecule has 1 aliphatic heterocycles. The topological polar surface area (TPSA) is 141 Å². The zero-order chi connectivity index (χ0) is 26.6. The second kappa shape index (κ2) is 10.8. The summed E-state index contributed by atoms with van der Waals surface area (Å²) >= 11 is 6.44. The molecule has 0 amide bonds. The van der Waals surface area contributed by atoms with Gasteiger partial charge in [-0.2, -0.15) is 23.1 Å². The van der Waals surface area contributed by atoms with Gasteiger partial charge in [-0.15, -0.1) is 0 Å². The van der Waals surface area contributed by atoms with Crippen LogP contribution >= 0.6 is 11.6 Å². The number of nitrogens with one attached hydrogen (secondary N) is 1. The van der Waals surface area contributed by atoms with Gasteiger partial charge in [0.1, 0.15) is 0 Å². The number of halogens is 4. The number of hydrogen-bond acceptors (Lipinski definition) is 9. The molecular weight excluding hydrogens is 513 g/mol. The molecule has 194 valence electrons. The summed E-state index contributed by atoms with van der Waals surface area (Å²) in [6.07, 6.45) is -5.08. The molecule has 4 rings (SSSR count). The van der Waals surface area contributed by atoms with Gasteiger partial charge < -0.3 is 15.3 Å². The first-order valence-electron chi connectivity index (χ1n) is 10.3. The third kappa shape index (κ3) is 5.85. The van der Waals surface area contributed by atoms with Crippen LogP contribution in [0.5, 0.6) is 6.01 Å². The summed E-state index contributed by atoms with van der Waals surface area (Å²) in [7, 11) is 1.47. The Hall–Kier alpha value is -3.85. The molecule has 3 aromatic rings. The summed E-state index contributed by atoms with van der Waals surface area (Å²) in [5.74, 6) is -2.86. The Balaban J connectivity index is 0.000000454. The van der Waals surface area contributed by atoms with Crippen molar-refractivity contribution in [1.82, 2.24) is 24.4 Å². The SMILES string of the molecule is CC(=O)OOc1nc2nc(N3CCNCC3)n(-c3ccccc3Cl)c2c(=O)n1C.O=C(O)C(F)(F)F. The number of piperazine rings is 1. The number of fused-ring (bicyclic) bond motifs is 1. The van der Waals surface area contributed by atoms with E-state index in [9.17, 15) is 22.8 Å². The largest absolute Gasteiger partial charge is 0.490 e. The molecule has 3 heterocycles. The zero-order valence-corrected chi connectivity index (χ0v) is 19.6. The van der Waals surface area contributed by atoms with Crippen molar-refractivity contribution in [2.24, 2.45) is 7.05 Å². The number of para-hydroxylation sites is 1. The number of rotatable bonds is 4. The van der Waals surface area contributed by atoms with Crippen molar-refractivity contribution in [2.75, 3.05) is 31.1 Å². The van der Waals surface area contributed by atoms with E-state index in [4.69, 9.17) is 26.4 Å². The summed E-state index contributed by atoms with van der Waals surface area (Å²) in [6.45, 7) is 4.19.